The Morgan fingerprint density at radius 3 is 2.54 bits per heavy atom. The van der Waals surface area contributed by atoms with Gasteiger partial charge in [0.05, 0.1) is 19.0 Å². The molecule has 3 amide bonds. The van der Waals surface area contributed by atoms with E-state index in [9.17, 15) is 9.59 Å². The van der Waals surface area contributed by atoms with E-state index in [1.807, 2.05) is 0 Å². The van der Waals surface area contributed by atoms with Crippen molar-refractivity contribution in [1.29, 1.82) is 0 Å². The highest BCUT2D eigenvalue weighted by atomic mass is 16.5. The van der Waals surface area contributed by atoms with Crippen LogP contribution in [0.3, 0.4) is 0 Å². The molecular formula is C17H18N4O3. The number of hydrogen-bond donors (Lipinski definition) is 3. The molecule has 7 heteroatoms. The Morgan fingerprint density at radius 1 is 1.08 bits per heavy atom. The van der Waals surface area contributed by atoms with E-state index in [1.54, 1.807) is 43.5 Å². The first-order chi connectivity index (χ1) is 11.6. The van der Waals surface area contributed by atoms with Crippen LogP contribution in [0.2, 0.25) is 0 Å². The lowest BCUT2D eigenvalue weighted by Crippen LogP contribution is -2.19. The molecule has 7 nitrogen and oxygen atoms in total. The minimum absolute atomic E-state index is 0.000947. The maximum Gasteiger partial charge on any atom is 0.323 e. The summed E-state index contributed by atoms with van der Waals surface area (Å²) >= 11 is 0. The van der Waals surface area contributed by atoms with Gasteiger partial charge in [0.2, 0.25) is 5.91 Å². The number of carbonyl (C=O) groups is 2. The molecular weight excluding hydrogens is 308 g/mol. The molecule has 1 aromatic heterocycles. The molecule has 1 aliphatic rings. The molecule has 0 aliphatic heterocycles. The average Bonchev–Trinajstić information content (AvgIpc) is 3.42. The van der Waals surface area contributed by atoms with Crippen LogP contribution in [-0.4, -0.2) is 24.0 Å². The number of carbonyl (C=O) groups excluding carboxylic acids is 2. The predicted octanol–water partition coefficient (Wildman–Crippen LogP) is 3.08. The second kappa shape index (κ2) is 6.99. The molecule has 0 atom stereocenters. The second-order valence-electron chi connectivity index (χ2n) is 5.51. The number of hydrogen-bond acceptors (Lipinski definition) is 4. The SMILES string of the molecule is COc1cccc(NC(=O)Nc2ccc(NC(=O)C3CC3)nc2)c1. The van der Waals surface area contributed by atoms with Gasteiger partial charge in [-0.1, -0.05) is 6.07 Å². The summed E-state index contributed by atoms with van der Waals surface area (Å²) in [6.45, 7) is 0. The molecule has 1 heterocycles. The van der Waals surface area contributed by atoms with E-state index >= 15 is 0 Å². The summed E-state index contributed by atoms with van der Waals surface area (Å²) in [4.78, 5) is 27.8. The van der Waals surface area contributed by atoms with E-state index in [-0.39, 0.29) is 17.9 Å². The third-order valence-corrected chi connectivity index (χ3v) is 3.55. The van der Waals surface area contributed by atoms with Gasteiger partial charge in [-0.25, -0.2) is 9.78 Å². The molecule has 3 N–H and O–H groups in total. The molecule has 0 unspecified atom stereocenters. The number of nitrogens with one attached hydrogen (secondary N) is 3. The van der Waals surface area contributed by atoms with Gasteiger partial charge in [-0.15, -0.1) is 0 Å². The largest absolute Gasteiger partial charge is 0.497 e. The summed E-state index contributed by atoms with van der Waals surface area (Å²) < 4.78 is 5.10. The van der Waals surface area contributed by atoms with Crippen molar-refractivity contribution in [3.63, 3.8) is 0 Å². The summed E-state index contributed by atoms with van der Waals surface area (Å²) in [7, 11) is 1.56. The van der Waals surface area contributed by atoms with Crippen molar-refractivity contribution in [1.82, 2.24) is 4.98 Å². The van der Waals surface area contributed by atoms with E-state index < -0.39 is 0 Å². The Hall–Kier alpha value is -3.09. The highest BCUT2D eigenvalue weighted by molar-refractivity contribution is 6.00. The Kier molecular flexibility index (Phi) is 4.60. The Labute approximate surface area is 139 Å². The molecule has 0 spiro atoms. The summed E-state index contributed by atoms with van der Waals surface area (Å²) in [6, 6.07) is 10.0. The van der Waals surface area contributed by atoms with Gasteiger partial charge in [0.1, 0.15) is 11.6 Å². The highest BCUT2D eigenvalue weighted by Gasteiger charge is 2.29. The molecule has 24 heavy (non-hydrogen) atoms. The first-order valence-corrected chi connectivity index (χ1v) is 7.63. The summed E-state index contributed by atoms with van der Waals surface area (Å²) in [5.74, 6) is 1.26. The van der Waals surface area contributed by atoms with E-state index in [4.69, 9.17) is 4.74 Å². The van der Waals surface area contributed by atoms with Gasteiger partial charge in [-0.3, -0.25) is 4.79 Å². The standard InChI is InChI=1S/C17H18N4O3/c1-24-14-4-2-3-12(9-14)19-17(23)20-13-7-8-15(18-10-13)21-16(22)11-5-6-11/h2-4,7-11H,5-6H2,1H3,(H,18,21,22)(H2,19,20,23). The smallest absolute Gasteiger partial charge is 0.323 e. The van der Waals surface area contributed by atoms with Gasteiger partial charge in [0, 0.05) is 17.7 Å². The van der Waals surface area contributed by atoms with Crippen LogP contribution in [0.5, 0.6) is 5.75 Å². The van der Waals surface area contributed by atoms with Crippen LogP contribution >= 0.6 is 0 Å². The zero-order valence-corrected chi connectivity index (χ0v) is 13.2. The minimum Gasteiger partial charge on any atom is -0.497 e. The molecule has 124 valence electrons. The molecule has 1 fully saturated rings. The lowest BCUT2D eigenvalue weighted by Gasteiger charge is -2.09. The van der Waals surface area contributed by atoms with Crippen LogP contribution in [0.25, 0.3) is 0 Å². The first-order valence-electron chi connectivity index (χ1n) is 7.63. The van der Waals surface area contributed by atoms with Gasteiger partial charge in [0.25, 0.3) is 0 Å². The quantitative estimate of drug-likeness (QED) is 0.787. The fourth-order valence-corrected chi connectivity index (χ4v) is 2.11. The van der Waals surface area contributed by atoms with Gasteiger partial charge >= 0.3 is 6.03 Å². The zero-order valence-electron chi connectivity index (χ0n) is 13.2. The number of urea groups is 1. The van der Waals surface area contributed by atoms with Crippen molar-refractivity contribution >= 4 is 29.1 Å². The fraction of sp³-hybridized carbons (Fsp3) is 0.235. The van der Waals surface area contributed by atoms with Crippen molar-refractivity contribution in [2.75, 3.05) is 23.1 Å². The maximum absolute atomic E-state index is 12.0. The van der Waals surface area contributed by atoms with Crippen LogP contribution in [0.4, 0.5) is 22.0 Å². The molecule has 1 aliphatic carbocycles. The maximum atomic E-state index is 12.0. The summed E-state index contributed by atoms with van der Waals surface area (Å²) in [5, 5.41) is 8.13. The lowest BCUT2D eigenvalue weighted by atomic mass is 10.3. The number of rotatable bonds is 5. The number of ether oxygens (including phenoxy) is 1. The van der Waals surface area contributed by atoms with E-state index in [1.165, 1.54) is 6.20 Å². The number of nitrogens with zero attached hydrogens (tertiary/aromatic N) is 1. The zero-order chi connectivity index (χ0) is 16.9. The number of benzene rings is 1. The Bertz CT molecular complexity index is 742. The van der Waals surface area contributed by atoms with Crippen LogP contribution in [0.15, 0.2) is 42.6 Å². The van der Waals surface area contributed by atoms with Crippen LogP contribution in [0, 0.1) is 5.92 Å². The summed E-state index contributed by atoms with van der Waals surface area (Å²) in [6.07, 6.45) is 3.37. The topological polar surface area (TPSA) is 92.4 Å². The fourth-order valence-electron chi connectivity index (χ4n) is 2.11. The average molecular weight is 326 g/mol. The molecule has 3 rings (SSSR count). The molecule has 0 bridgehead atoms. The predicted molar refractivity (Wildman–Crippen MR) is 91.2 cm³/mol. The van der Waals surface area contributed by atoms with Crippen LogP contribution in [0.1, 0.15) is 12.8 Å². The van der Waals surface area contributed by atoms with Gasteiger partial charge in [0.15, 0.2) is 0 Å². The summed E-state index contributed by atoms with van der Waals surface area (Å²) in [5.41, 5.74) is 1.15. The van der Waals surface area contributed by atoms with E-state index in [0.29, 0.717) is 22.9 Å². The minimum atomic E-state index is -0.389. The first kappa shape index (κ1) is 15.8. The highest BCUT2D eigenvalue weighted by Crippen LogP contribution is 2.30. The number of amides is 3. The monoisotopic (exact) mass is 326 g/mol. The van der Waals surface area contributed by atoms with Crippen LogP contribution < -0.4 is 20.7 Å². The molecule has 0 saturated heterocycles. The van der Waals surface area contributed by atoms with Gasteiger partial charge in [-0.05, 0) is 37.1 Å². The van der Waals surface area contributed by atoms with Crippen molar-refractivity contribution < 1.29 is 14.3 Å². The van der Waals surface area contributed by atoms with Crippen molar-refractivity contribution in [2.45, 2.75) is 12.8 Å². The third kappa shape index (κ3) is 4.22. The number of methoxy groups -OCH3 is 1. The second-order valence-corrected chi connectivity index (χ2v) is 5.51. The molecule has 0 radical (unpaired) electrons. The molecule has 1 saturated carbocycles. The Balaban J connectivity index is 1.54. The van der Waals surface area contributed by atoms with Crippen molar-refractivity contribution in [3.8, 4) is 5.75 Å². The van der Waals surface area contributed by atoms with Crippen molar-refractivity contribution in [2.24, 2.45) is 5.92 Å². The Morgan fingerprint density at radius 2 is 1.88 bits per heavy atom. The van der Waals surface area contributed by atoms with E-state index in [2.05, 4.69) is 20.9 Å². The van der Waals surface area contributed by atoms with Crippen LogP contribution in [-0.2, 0) is 4.79 Å². The van der Waals surface area contributed by atoms with Gasteiger partial charge < -0.3 is 20.7 Å². The van der Waals surface area contributed by atoms with Crippen molar-refractivity contribution in [3.05, 3.63) is 42.6 Å². The number of pyridine rings is 1. The molecule has 2 aromatic rings. The normalized spacial score (nSPS) is 13.0. The lowest BCUT2D eigenvalue weighted by molar-refractivity contribution is -0.117. The van der Waals surface area contributed by atoms with E-state index in [0.717, 1.165) is 12.8 Å². The number of aromatic nitrogens is 1. The number of anilines is 3. The third-order valence-electron chi connectivity index (χ3n) is 3.55. The van der Waals surface area contributed by atoms with Gasteiger partial charge in [-0.2, -0.15) is 0 Å². The molecule has 1 aromatic carbocycles.